The molecule has 0 unspecified atom stereocenters. The standard InChI is InChI=1S/C8H12N4/c1-10-3-2-5-12-6-4-11-8(12)7-9/h4,6,10H,2-3,5H2,1H3. The third-order valence-electron chi connectivity index (χ3n) is 1.64. The highest BCUT2D eigenvalue weighted by molar-refractivity contribution is 5.10. The summed E-state index contributed by atoms with van der Waals surface area (Å²) in [5.41, 5.74) is 0. The molecule has 0 aliphatic carbocycles. The molecule has 0 saturated heterocycles. The van der Waals surface area contributed by atoms with Crippen molar-refractivity contribution in [2.24, 2.45) is 0 Å². The number of nitrogens with zero attached hydrogens (tertiary/aromatic N) is 3. The van der Waals surface area contributed by atoms with Gasteiger partial charge in [-0.3, -0.25) is 0 Å². The van der Waals surface area contributed by atoms with Crippen molar-refractivity contribution >= 4 is 0 Å². The minimum atomic E-state index is 0.492. The smallest absolute Gasteiger partial charge is 0.212 e. The lowest BCUT2D eigenvalue weighted by atomic mass is 10.4. The molecule has 0 atom stereocenters. The maximum absolute atomic E-state index is 8.61. The lowest BCUT2D eigenvalue weighted by Crippen LogP contribution is -2.11. The molecule has 4 heteroatoms. The Morgan fingerprint density at radius 2 is 2.58 bits per heavy atom. The molecule has 0 aromatic carbocycles. The fourth-order valence-corrected chi connectivity index (χ4v) is 1.03. The third-order valence-corrected chi connectivity index (χ3v) is 1.64. The Hall–Kier alpha value is -1.34. The summed E-state index contributed by atoms with van der Waals surface area (Å²) in [6.07, 6.45) is 4.49. The van der Waals surface area contributed by atoms with Gasteiger partial charge < -0.3 is 9.88 Å². The van der Waals surface area contributed by atoms with E-state index in [2.05, 4.69) is 10.3 Å². The quantitative estimate of drug-likeness (QED) is 0.654. The molecule has 0 aliphatic rings. The Morgan fingerprint density at radius 1 is 1.75 bits per heavy atom. The summed E-state index contributed by atoms with van der Waals surface area (Å²) in [5, 5.41) is 11.7. The molecule has 1 aromatic heterocycles. The second kappa shape index (κ2) is 4.52. The Morgan fingerprint density at radius 3 is 3.25 bits per heavy atom. The van der Waals surface area contributed by atoms with Crippen molar-refractivity contribution in [3.05, 3.63) is 18.2 Å². The Labute approximate surface area is 71.8 Å². The fraction of sp³-hybridized carbons (Fsp3) is 0.500. The zero-order chi connectivity index (χ0) is 8.81. The van der Waals surface area contributed by atoms with Crippen LogP contribution in [0.4, 0.5) is 0 Å². The number of hydrogen-bond donors (Lipinski definition) is 1. The maximum atomic E-state index is 8.61. The van der Waals surface area contributed by atoms with E-state index in [-0.39, 0.29) is 0 Å². The first-order chi connectivity index (χ1) is 5.88. The molecule has 1 rings (SSSR count). The van der Waals surface area contributed by atoms with Gasteiger partial charge >= 0.3 is 0 Å². The molecule has 0 spiro atoms. The van der Waals surface area contributed by atoms with Gasteiger partial charge in [0.1, 0.15) is 6.07 Å². The predicted molar refractivity (Wildman–Crippen MR) is 45.5 cm³/mol. The van der Waals surface area contributed by atoms with E-state index < -0.39 is 0 Å². The number of imidazole rings is 1. The highest BCUT2D eigenvalue weighted by Crippen LogP contribution is 1.96. The van der Waals surface area contributed by atoms with Crippen LogP contribution in [0.1, 0.15) is 12.2 Å². The van der Waals surface area contributed by atoms with Gasteiger partial charge in [0.15, 0.2) is 0 Å². The summed E-state index contributed by atoms with van der Waals surface area (Å²) < 4.78 is 1.86. The molecule has 64 valence electrons. The number of nitriles is 1. The zero-order valence-electron chi connectivity index (χ0n) is 7.12. The van der Waals surface area contributed by atoms with Crippen LogP contribution in [0.3, 0.4) is 0 Å². The average molecular weight is 164 g/mol. The molecule has 0 fully saturated rings. The lowest BCUT2D eigenvalue weighted by molar-refractivity contribution is 0.608. The van der Waals surface area contributed by atoms with E-state index in [1.165, 1.54) is 0 Å². The average Bonchev–Trinajstić information content (AvgIpc) is 2.52. The van der Waals surface area contributed by atoms with Crippen molar-refractivity contribution in [1.29, 1.82) is 5.26 Å². The summed E-state index contributed by atoms with van der Waals surface area (Å²) in [6.45, 7) is 1.81. The van der Waals surface area contributed by atoms with Crippen LogP contribution in [-0.2, 0) is 6.54 Å². The van der Waals surface area contributed by atoms with E-state index >= 15 is 0 Å². The molecular formula is C8H12N4. The molecule has 0 aliphatic heterocycles. The molecule has 4 nitrogen and oxygen atoms in total. The monoisotopic (exact) mass is 164 g/mol. The van der Waals surface area contributed by atoms with Gasteiger partial charge in [0.2, 0.25) is 5.82 Å². The Kier molecular flexibility index (Phi) is 3.30. The van der Waals surface area contributed by atoms with Crippen LogP contribution in [-0.4, -0.2) is 23.1 Å². The number of aromatic nitrogens is 2. The van der Waals surface area contributed by atoms with Crippen LogP contribution in [0.15, 0.2) is 12.4 Å². The lowest BCUT2D eigenvalue weighted by Gasteiger charge is -2.01. The van der Waals surface area contributed by atoms with E-state index in [1.807, 2.05) is 23.9 Å². The van der Waals surface area contributed by atoms with E-state index in [9.17, 15) is 0 Å². The van der Waals surface area contributed by atoms with Crippen molar-refractivity contribution in [3.63, 3.8) is 0 Å². The largest absolute Gasteiger partial charge is 0.323 e. The fourth-order valence-electron chi connectivity index (χ4n) is 1.03. The molecule has 1 N–H and O–H groups in total. The number of hydrogen-bond acceptors (Lipinski definition) is 3. The summed E-state index contributed by atoms with van der Waals surface area (Å²) in [4.78, 5) is 3.89. The van der Waals surface area contributed by atoms with Crippen LogP contribution in [0.2, 0.25) is 0 Å². The summed E-state index contributed by atoms with van der Waals surface area (Å²) in [5.74, 6) is 0.492. The SMILES string of the molecule is CNCCCn1ccnc1C#N. The number of rotatable bonds is 4. The first-order valence-corrected chi connectivity index (χ1v) is 3.94. The summed E-state index contributed by atoms with van der Waals surface area (Å²) in [7, 11) is 1.92. The van der Waals surface area contributed by atoms with Crippen molar-refractivity contribution in [3.8, 4) is 6.07 Å². The molecule has 0 radical (unpaired) electrons. The topological polar surface area (TPSA) is 53.6 Å². The van der Waals surface area contributed by atoms with Crippen LogP contribution in [0.5, 0.6) is 0 Å². The molecule has 12 heavy (non-hydrogen) atoms. The summed E-state index contributed by atoms with van der Waals surface area (Å²) >= 11 is 0. The normalized spacial score (nSPS) is 9.67. The molecule has 0 bridgehead atoms. The van der Waals surface area contributed by atoms with Crippen LogP contribution in [0, 0.1) is 11.3 Å². The number of aryl methyl sites for hydroxylation is 1. The molecule has 1 aromatic rings. The minimum absolute atomic E-state index is 0.492. The first kappa shape index (κ1) is 8.75. The molecule has 1 heterocycles. The summed E-state index contributed by atoms with van der Waals surface area (Å²) in [6, 6.07) is 2.03. The van der Waals surface area contributed by atoms with Gasteiger partial charge in [0.25, 0.3) is 0 Å². The predicted octanol–water partition coefficient (Wildman–Crippen LogP) is 0.364. The van der Waals surface area contributed by atoms with Gasteiger partial charge in [-0.1, -0.05) is 0 Å². The van der Waals surface area contributed by atoms with Gasteiger partial charge in [-0.05, 0) is 20.0 Å². The Bertz CT molecular complexity index is 271. The molecule has 0 amide bonds. The molecular weight excluding hydrogens is 152 g/mol. The van der Waals surface area contributed by atoms with E-state index in [0.717, 1.165) is 19.5 Å². The first-order valence-electron chi connectivity index (χ1n) is 3.94. The minimum Gasteiger partial charge on any atom is -0.323 e. The van der Waals surface area contributed by atoms with Crippen molar-refractivity contribution < 1.29 is 0 Å². The second-order valence-corrected chi connectivity index (χ2v) is 2.51. The van der Waals surface area contributed by atoms with Crippen LogP contribution in [0.25, 0.3) is 0 Å². The van der Waals surface area contributed by atoms with Gasteiger partial charge in [0, 0.05) is 18.9 Å². The van der Waals surface area contributed by atoms with Gasteiger partial charge in [-0.25, -0.2) is 4.98 Å². The molecule has 0 saturated carbocycles. The van der Waals surface area contributed by atoms with Gasteiger partial charge in [-0.2, -0.15) is 5.26 Å². The zero-order valence-corrected chi connectivity index (χ0v) is 7.12. The van der Waals surface area contributed by atoms with Crippen molar-refractivity contribution in [2.45, 2.75) is 13.0 Å². The maximum Gasteiger partial charge on any atom is 0.212 e. The van der Waals surface area contributed by atoms with Crippen LogP contribution < -0.4 is 5.32 Å². The van der Waals surface area contributed by atoms with Crippen molar-refractivity contribution in [2.75, 3.05) is 13.6 Å². The van der Waals surface area contributed by atoms with E-state index in [0.29, 0.717) is 5.82 Å². The second-order valence-electron chi connectivity index (χ2n) is 2.51. The van der Waals surface area contributed by atoms with Gasteiger partial charge in [-0.15, -0.1) is 0 Å². The van der Waals surface area contributed by atoms with Crippen LogP contribution >= 0.6 is 0 Å². The van der Waals surface area contributed by atoms with Gasteiger partial charge in [0.05, 0.1) is 0 Å². The highest BCUT2D eigenvalue weighted by atomic mass is 15.1. The van der Waals surface area contributed by atoms with E-state index in [1.54, 1.807) is 6.20 Å². The number of nitrogens with one attached hydrogen (secondary N) is 1. The highest BCUT2D eigenvalue weighted by Gasteiger charge is 1.98. The third kappa shape index (κ3) is 2.07. The Balaban J connectivity index is 2.46. The van der Waals surface area contributed by atoms with Crippen molar-refractivity contribution in [1.82, 2.24) is 14.9 Å². The van der Waals surface area contributed by atoms with E-state index in [4.69, 9.17) is 5.26 Å².